The predicted octanol–water partition coefficient (Wildman–Crippen LogP) is 2.68. The maximum absolute atomic E-state index is 5.64. The van der Waals surface area contributed by atoms with Crippen LogP contribution in [0.4, 0.5) is 0 Å². The van der Waals surface area contributed by atoms with E-state index in [0.29, 0.717) is 6.10 Å². The monoisotopic (exact) mass is 289 g/mol. The fourth-order valence-corrected chi connectivity index (χ4v) is 3.34. The summed E-state index contributed by atoms with van der Waals surface area (Å²) >= 11 is 1.74. The molecule has 5 heteroatoms. The summed E-state index contributed by atoms with van der Waals surface area (Å²) in [7, 11) is 2.04. The van der Waals surface area contributed by atoms with Crippen LogP contribution in [0.2, 0.25) is 0 Å². The number of benzene rings is 1. The summed E-state index contributed by atoms with van der Waals surface area (Å²) in [6, 6.07) is 10.4. The molecule has 1 unspecified atom stereocenters. The first-order valence-corrected chi connectivity index (χ1v) is 7.98. The SMILES string of the molecule is Cn1c(Cc2ccccc2)nnc1SCC1CCCO1. The Labute approximate surface area is 123 Å². The van der Waals surface area contributed by atoms with Crippen molar-refractivity contribution in [2.45, 2.75) is 30.5 Å². The van der Waals surface area contributed by atoms with E-state index >= 15 is 0 Å². The molecular formula is C15H19N3OS. The van der Waals surface area contributed by atoms with Gasteiger partial charge in [-0.25, -0.2) is 0 Å². The van der Waals surface area contributed by atoms with Crippen molar-refractivity contribution in [3.8, 4) is 0 Å². The lowest BCUT2D eigenvalue weighted by atomic mass is 10.1. The van der Waals surface area contributed by atoms with E-state index < -0.39 is 0 Å². The van der Waals surface area contributed by atoms with Crippen molar-refractivity contribution in [1.82, 2.24) is 14.8 Å². The molecule has 106 valence electrons. The van der Waals surface area contributed by atoms with Gasteiger partial charge in [0.25, 0.3) is 0 Å². The summed E-state index contributed by atoms with van der Waals surface area (Å²) in [5.74, 6) is 1.98. The van der Waals surface area contributed by atoms with Gasteiger partial charge >= 0.3 is 0 Å². The Kier molecular flexibility index (Phi) is 4.38. The lowest BCUT2D eigenvalue weighted by Gasteiger charge is -2.08. The molecule has 2 heterocycles. The van der Waals surface area contributed by atoms with Crippen LogP contribution in [0.15, 0.2) is 35.5 Å². The minimum atomic E-state index is 0.384. The van der Waals surface area contributed by atoms with Crippen LogP contribution in [0.5, 0.6) is 0 Å². The average molecular weight is 289 g/mol. The molecule has 0 N–H and O–H groups in total. The Morgan fingerprint density at radius 3 is 2.90 bits per heavy atom. The van der Waals surface area contributed by atoms with Gasteiger partial charge in [-0.15, -0.1) is 10.2 Å². The molecule has 0 spiro atoms. The first-order valence-electron chi connectivity index (χ1n) is 6.99. The van der Waals surface area contributed by atoms with Gasteiger partial charge in [-0.1, -0.05) is 42.1 Å². The zero-order valence-corrected chi connectivity index (χ0v) is 12.5. The largest absolute Gasteiger partial charge is 0.377 e. The van der Waals surface area contributed by atoms with Crippen LogP contribution in [0, 0.1) is 0 Å². The molecule has 0 saturated carbocycles. The van der Waals surface area contributed by atoms with Crippen molar-refractivity contribution in [3.63, 3.8) is 0 Å². The second kappa shape index (κ2) is 6.41. The van der Waals surface area contributed by atoms with E-state index in [4.69, 9.17) is 4.74 Å². The van der Waals surface area contributed by atoms with Crippen LogP contribution >= 0.6 is 11.8 Å². The smallest absolute Gasteiger partial charge is 0.191 e. The molecule has 1 saturated heterocycles. The maximum atomic E-state index is 5.64. The Balaban J connectivity index is 1.62. The van der Waals surface area contributed by atoms with E-state index in [1.165, 1.54) is 18.4 Å². The summed E-state index contributed by atoms with van der Waals surface area (Å²) in [6.07, 6.45) is 3.56. The summed E-state index contributed by atoms with van der Waals surface area (Å²) in [4.78, 5) is 0. The molecule has 20 heavy (non-hydrogen) atoms. The van der Waals surface area contributed by atoms with Crippen LogP contribution in [-0.2, 0) is 18.2 Å². The van der Waals surface area contributed by atoms with E-state index in [1.807, 2.05) is 13.1 Å². The lowest BCUT2D eigenvalue weighted by molar-refractivity contribution is 0.129. The van der Waals surface area contributed by atoms with Gasteiger partial charge in [-0.05, 0) is 18.4 Å². The number of thioether (sulfide) groups is 1. The number of rotatable bonds is 5. The summed E-state index contributed by atoms with van der Waals surface area (Å²) in [6.45, 7) is 0.906. The van der Waals surface area contributed by atoms with Crippen molar-refractivity contribution < 1.29 is 4.74 Å². The quantitative estimate of drug-likeness (QED) is 0.793. The van der Waals surface area contributed by atoms with Crippen LogP contribution in [0.3, 0.4) is 0 Å². The number of nitrogens with zero attached hydrogens (tertiary/aromatic N) is 3. The molecule has 0 amide bonds. The molecule has 0 bridgehead atoms. The molecule has 1 fully saturated rings. The first-order chi connectivity index (χ1) is 9.83. The van der Waals surface area contributed by atoms with Crippen LogP contribution < -0.4 is 0 Å². The summed E-state index contributed by atoms with van der Waals surface area (Å²) in [5, 5.41) is 9.58. The van der Waals surface area contributed by atoms with Crippen molar-refractivity contribution in [2.75, 3.05) is 12.4 Å². The summed E-state index contributed by atoms with van der Waals surface area (Å²) in [5.41, 5.74) is 1.26. The van der Waals surface area contributed by atoms with Crippen molar-refractivity contribution >= 4 is 11.8 Å². The van der Waals surface area contributed by atoms with Gasteiger partial charge in [0, 0.05) is 25.8 Å². The van der Waals surface area contributed by atoms with Crippen molar-refractivity contribution in [2.24, 2.45) is 7.05 Å². The van der Waals surface area contributed by atoms with Gasteiger partial charge < -0.3 is 9.30 Å². The molecule has 1 aliphatic heterocycles. The maximum Gasteiger partial charge on any atom is 0.191 e. The first kappa shape index (κ1) is 13.6. The zero-order valence-electron chi connectivity index (χ0n) is 11.7. The van der Waals surface area contributed by atoms with Crippen molar-refractivity contribution in [3.05, 3.63) is 41.7 Å². The number of hydrogen-bond donors (Lipinski definition) is 0. The number of ether oxygens (including phenoxy) is 1. The molecule has 1 aromatic carbocycles. The third-order valence-corrected chi connectivity index (χ3v) is 4.70. The molecule has 4 nitrogen and oxygen atoms in total. The average Bonchev–Trinajstić information content (AvgIpc) is 3.10. The molecule has 0 aliphatic carbocycles. The minimum Gasteiger partial charge on any atom is -0.377 e. The number of aromatic nitrogens is 3. The highest BCUT2D eigenvalue weighted by atomic mass is 32.2. The third kappa shape index (κ3) is 3.22. The highest BCUT2D eigenvalue weighted by molar-refractivity contribution is 7.99. The molecule has 3 rings (SSSR count). The second-order valence-corrected chi connectivity index (χ2v) is 6.05. The zero-order chi connectivity index (χ0) is 13.8. The molecule has 2 aromatic rings. The van der Waals surface area contributed by atoms with E-state index in [1.54, 1.807) is 11.8 Å². The normalized spacial score (nSPS) is 18.6. The van der Waals surface area contributed by atoms with E-state index in [9.17, 15) is 0 Å². The van der Waals surface area contributed by atoms with Gasteiger partial charge in [0.05, 0.1) is 6.10 Å². The van der Waals surface area contributed by atoms with Gasteiger partial charge in [0.2, 0.25) is 0 Å². The molecule has 1 aliphatic rings. The van der Waals surface area contributed by atoms with Crippen LogP contribution in [-0.4, -0.2) is 33.2 Å². The Morgan fingerprint density at radius 1 is 1.30 bits per heavy atom. The second-order valence-electron chi connectivity index (χ2n) is 5.07. The molecular weight excluding hydrogens is 270 g/mol. The Morgan fingerprint density at radius 2 is 2.15 bits per heavy atom. The van der Waals surface area contributed by atoms with Crippen molar-refractivity contribution in [1.29, 1.82) is 0 Å². The van der Waals surface area contributed by atoms with Gasteiger partial charge in [0.1, 0.15) is 5.82 Å². The van der Waals surface area contributed by atoms with E-state index in [0.717, 1.165) is 29.8 Å². The van der Waals surface area contributed by atoms with Crippen LogP contribution in [0.25, 0.3) is 0 Å². The van der Waals surface area contributed by atoms with E-state index in [-0.39, 0.29) is 0 Å². The number of hydrogen-bond acceptors (Lipinski definition) is 4. The van der Waals surface area contributed by atoms with Gasteiger partial charge in [-0.3, -0.25) is 0 Å². The Bertz CT molecular complexity index is 550. The van der Waals surface area contributed by atoms with E-state index in [2.05, 4.69) is 39.0 Å². The Hall–Kier alpha value is -1.33. The fraction of sp³-hybridized carbons (Fsp3) is 0.467. The van der Waals surface area contributed by atoms with Gasteiger partial charge in [0.15, 0.2) is 5.16 Å². The topological polar surface area (TPSA) is 39.9 Å². The minimum absolute atomic E-state index is 0.384. The molecule has 1 atom stereocenters. The molecule has 0 radical (unpaired) electrons. The summed E-state index contributed by atoms with van der Waals surface area (Å²) < 4.78 is 7.73. The fourth-order valence-electron chi connectivity index (χ4n) is 2.35. The lowest BCUT2D eigenvalue weighted by Crippen LogP contribution is -2.09. The van der Waals surface area contributed by atoms with Gasteiger partial charge in [-0.2, -0.15) is 0 Å². The highest BCUT2D eigenvalue weighted by Gasteiger charge is 2.17. The van der Waals surface area contributed by atoms with Crippen LogP contribution in [0.1, 0.15) is 24.2 Å². The third-order valence-electron chi connectivity index (χ3n) is 3.55. The standard InChI is InChI=1S/C15H19N3OS/c1-18-14(10-12-6-3-2-4-7-12)16-17-15(18)20-11-13-8-5-9-19-13/h2-4,6-7,13H,5,8-11H2,1H3. The predicted molar refractivity (Wildman–Crippen MR) is 79.9 cm³/mol. The highest BCUT2D eigenvalue weighted by Crippen LogP contribution is 2.23. The molecule has 1 aromatic heterocycles.